The minimum atomic E-state index is -1.09. The fourth-order valence-electron chi connectivity index (χ4n) is 5.99. The predicted octanol–water partition coefficient (Wildman–Crippen LogP) is 4.09. The molecule has 0 aromatic carbocycles. The molecule has 30 heavy (non-hydrogen) atoms. The van der Waals surface area contributed by atoms with E-state index in [1.165, 1.54) is 0 Å². The highest BCUT2D eigenvalue weighted by molar-refractivity contribution is 6.26. The summed E-state index contributed by atoms with van der Waals surface area (Å²) in [5.41, 5.74) is -0.0651. The van der Waals surface area contributed by atoms with Crippen molar-refractivity contribution >= 4 is 11.7 Å². The third-order valence-corrected chi connectivity index (χ3v) is 7.32. The van der Waals surface area contributed by atoms with E-state index in [4.69, 9.17) is 0 Å². The largest absolute Gasteiger partial charge is 0.511 e. The Kier molecular flexibility index (Phi) is 6.33. The van der Waals surface area contributed by atoms with E-state index in [-0.39, 0.29) is 35.5 Å². The average Bonchev–Trinajstić information content (AvgIpc) is 2.91. The van der Waals surface area contributed by atoms with Gasteiger partial charge in [0.05, 0.1) is 11.6 Å². The second-order valence-electron chi connectivity index (χ2n) is 10.4. The summed E-state index contributed by atoms with van der Waals surface area (Å²) in [6.07, 6.45) is 8.76. The minimum Gasteiger partial charge on any atom is -0.511 e. The van der Waals surface area contributed by atoms with Gasteiger partial charge in [0.15, 0.2) is 5.78 Å². The van der Waals surface area contributed by atoms with Crippen LogP contribution in [0.25, 0.3) is 0 Å². The van der Waals surface area contributed by atoms with Crippen LogP contribution in [0.15, 0.2) is 35.1 Å². The SMILES string of the molecule is C/C=C(\C)[C@@H]1C=C[C@@H]2C[C@H](C)C[C@H](C)[C@H]2[C@@H]1/C(O)=C1/C(=O)N[C@H](CC(C)(C)O)C1=O. The van der Waals surface area contributed by atoms with Crippen LogP contribution in [0.1, 0.15) is 60.8 Å². The third kappa shape index (κ3) is 4.27. The van der Waals surface area contributed by atoms with E-state index < -0.39 is 23.3 Å². The first-order valence-electron chi connectivity index (χ1n) is 11.3. The molecule has 5 nitrogen and oxygen atoms in total. The van der Waals surface area contributed by atoms with Crippen molar-refractivity contribution in [2.75, 3.05) is 0 Å². The van der Waals surface area contributed by atoms with Gasteiger partial charge in [0.2, 0.25) is 0 Å². The van der Waals surface area contributed by atoms with Crippen LogP contribution in [0.5, 0.6) is 0 Å². The zero-order valence-corrected chi connectivity index (χ0v) is 19.1. The van der Waals surface area contributed by atoms with Gasteiger partial charge in [-0.25, -0.2) is 0 Å². The molecule has 0 aromatic rings. The molecule has 0 unspecified atom stereocenters. The average molecular weight is 416 g/mol. The maximum Gasteiger partial charge on any atom is 0.259 e. The van der Waals surface area contributed by atoms with Gasteiger partial charge < -0.3 is 15.5 Å². The van der Waals surface area contributed by atoms with Crippen molar-refractivity contribution in [2.24, 2.45) is 35.5 Å². The van der Waals surface area contributed by atoms with E-state index in [0.717, 1.165) is 18.4 Å². The lowest BCUT2D eigenvalue weighted by Gasteiger charge is -2.47. The number of ketones is 1. The molecule has 3 rings (SSSR count). The molecule has 5 heteroatoms. The molecule has 166 valence electrons. The summed E-state index contributed by atoms with van der Waals surface area (Å²) in [6.45, 7) is 11.8. The van der Waals surface area contributed by atoms with E-state index in [9.17, 15) is 19.8 Å². The maximum atomic E-state index is 13.1. The van der Waals surface area contributed by atoms with Crippen LogP contribution in [0.4, 0.5) is 0 Å². The Hall–Kier alpha value is -1.88. The van der Waals surface area contributed by atoms with Crippen LogP contribution in [0, 0.1) is 35.5 Å². The van der Waals surface area contributed by atoms with Crippen LogP contribution < -0.4 is 5.32 Å². The number of Topliss-reactive ketones (excluding diaryl/α,β-unsaturated/α-hetero) is 1. The van der Waals surface area contributed by atoms with Gasteiger partial charge in [0, 0.05) is 18.3 Å². The Balaban J connectivity index is 2.05. The number of carbonyl (C=O) groups excluding carboxylic acids is 2. The summed E-state index contributed by atoms with van der Waals surface area (Å²) in [7, 11) is 0. The lowest BCUT2D eigenvalue weighted by atomic mass is 9.57. The molecule has 1 saturated heterocycles. The number of rotatable bonds is 4. The Morgan fingerprint density at radius 2 is 1.90 bits per heavy atom. The molecule has 1 heterocycles. The molecular weight excluding hydrogens is 378 g/mol. The van der Waals surface area contributed by atoms with Gasteiger partial charge in [-0.05, 0) is 64.2 Å². The van der Waals surface area contributed by atoms with Crippen LogP contribution in [0.2, 0.25) is 0 Å². The molecule has 7 atom stereocenters. The summed E-state index contributed by atoms with van der Waals surface area (Å²) in [5.74, 6) is 0.215. The van der Waals surface area contributed by atoms with Crippen molar-refractivity contribution in [1.29, 1.82) is 0 Å². The molecule has 3 N–H and O–H groups in total. The first-order chi connectivity index (χ1) is 13.9. The van der Waals surface area contributed by atoms with E-state index >= 15 is 0 Å². The number of fused-ring (bicyclic) bond motifs is 1. The highest BCUT2D eigenvalue weighted by Crippen LogP contribution is 2.51. The number of nitrogens with one attached hydrogen (secondary N) is 1. The quantitative estimate of drug-likeness (QED) is 0.279. The number of hydrogen-bond acceptors (Lipinski definition) is 4. The summed E-state index contributed by atoms with van der Waals surface area (Å²) in [5, 5.41) is 24.2. The van der Waals surface area contributed by atoms with E-state index in [1.807, 2.05) is 19.9 Å². The van der Waals surface area contributed by atoms with E-state index in [0.29, 0.717) is 17.8 Å². The summed E-state index contributed by atoms with van der Waals surface area (Å²) < 4.78 is 0. The normalized spacial score (nSPS) is 39.0. The van der Waals surface area contributed by atoms with E-state index in [2.05, 4.69) is 31.3 Å². The fraction of sp³-hybridized carbons (Fsp3) is 0.680. The molecule has 2 fully saturated rings. The van der Waals surface area contributed by atoms with Crippen molar-refractivity contribution in [2.45, 2.75) is 72.4 Å². The van der Waals surface area contributed by atoms with Crippen LogP contribution in [-0.2, 0) is 9.59 Å². The molecular formula is C25H37NO4. The monoisotopic (exact) mass is 415 g/mol. The van der Waals surface area contributed by atoms with Gasteiger partial charge in [0.25, 0.3) is 5.91 Å². The van der Waals surface area contributed by atoms with Gasteiger partial charge in [-0.2, -0.15) is 0 Å². The van der Waals surface area contributed by atoms with Gasteiger partial charge in [-0.3, -0.25) is 9.59 Å². The van der Waals surface area contributed by atoms with Crippen LogP contribution in [0.3, 0.4) is 0 Å². The highest BCUT2D eigenvalue weighted by Gasteiger charge is 2.49. The Morgan fingerprint density at radius 1 is 1.23 bits per heavy atom. The van der Waals surface area contributed by atoms with Crippen LogP contribution in [-0.4, -0.2) is 33.5 Å². The number of allylic oxidation sites excluding steroid dienone is 5. The lowest BCUT2D eigenvalue weighted by molar-refractivity contribution is -0.118. The van der Waals surface area contributed by atoms with Gasteiger partial charge >= 0.3 is 0 Å². The molecule has 1 amide bonds. The number of carbonyl (C=O) groups is 2. The van der Waals surface area contributed by atoms with Gasteiger partial charge in [-0.1, -0.05) is 37.6 Å². The summed E-state index contributed by atoms with van der Waals surface area (Å²) >= 11 is 0. The fourth-order valence-corrected chi connectivity index (χ4v) is 5.99. The van der Waals surface area contributed by atoms with Crippen molar-refractivity contribution in [1.82, 2.24) is 5.32 Å². The lowest BCUT2D eigenvalue weighted by Crippen LogP contribution is -2.42. The second kappa shape index (κ2) is 8.33. The van der Waals surface area contributed by atoms with Crippen LogP contribution >= 0.6 is 0 Å². The number of aliphatic hydroxyl groups excluding tert-OH is 1. The minimum absolute atomic E-state index is 0.0338. The van der Waals surface area contributed by atoms with Gasteiger partial charge in [-0.15, -0.1) is 0 Å². The van der Waals surface area contributed by atoms with E-state index in [1.54, 1.807) is 13.8 Å². The molecule has 1 saturated carbocycles. The van der Waals surface area contributed by atoms with Crippen molar-refractivity contribution < 1.29 is 19.8 Å². The Labute approximate surface area is 180 Å². The zero-order chi connectivity index (χ0) is 22.4. The molecule has 0 aromatic heterocycles. The summed E-state index contributed by atoms with van der Waals surface area (Å²) in [4.78, 5) is 25.8. The number of hydrogen-bond donors (Lipinski definition) is 3. The van der Waals surface area contributed by atoms with Gasteiger partial charge in [0.1, 0.15) is 11.3 Å². The van der Waals surface area contributed by atoms with Crippen molar-refractivity contribution in [3.8, 4) is 0 Å². The molecule has 1 aliphatic heterocycles. The first kappa shape index (κ1) is 22.8. The number of aliphatic hydroxyl groups is 2. The molecule has 0 bridgehead atoms. The first-order valence-corrected chi connectivity index (χ1v) is 11.3. The molecule has 0 radical (unpaired) electrons. The maximum absolute atomic E-state index is 13.1. The zero-order valence-electron chi connectivity index (χ0n) is 19.1. The molecule has 3 aliphatic rings. The predicted molar refractivity (Wildman–Crippen MR) is 118 cm³/mol. The second-order valence-corrected chi connectivity index (χ2v) is 10.4. The third-order valence-electron chi connectivity index (χ3n) is 7.32. The molecule has 0 spiro atoms. The van der Waals surface area contributed by atoms with Crippen molar-refractivity contribution in [3.05, 3.63) is 35.1 Å². The topological polar surface area (TPSA) is 86.6 Å². The number of amides is 1. The molecule has 2 aliphatic carbocycles. The van der Waals surface area contributed by atoms with Crippen molar-refractivity contribution in [3.63, 3.8) is 0 Å². The Bertz CT molecular complexity index is 800. The highest BCUT2D eigenvalue weighted by atomic mass is 16.3. The Morgan fingerprint density at radius 3 is 2.50 bits per heavy atom. The smallest absolute Gasteiger partial charge is 0.259 e. The summed E-state index contributed by atoms with van der Waals surface area (Å²) in [6, 6.07) is -0.797. The standard InChI is InChI=1S/C25H37NO4/c1-7-14(3)17-9-8-16-11-13(2)10-15(4)19(16)20(17)23(28)21-22(27)18(26-24(21)29)12-25(5,6)30/h7-9,13,15-20,28,30H,10-12H2,1-6H3,(H,26,29)/b14-7+,23-21-/t13-,15+,16-,17+,18-,19-,20-/m1/s1.